The normalized spacial score (nSPS) is 27.4. The lowest BCUT2D eigenvalue weighted by Gasteiger charge is -2.40. The van der Waals surface area contributed by atoms with Crippen LogP contribution in [0.3, 0.4) is 0 Å². The van der Waals surface area contributed by atoms with Gasteiger partial charge in [-0.1, -0.05) is 6.07 Å². The van der Waals surface area contributed by atoms with Crippen molar-refractivity contribution in [3.63, 3.8) is 0 Å². The van der Waals surface area contributed by atoms with Crippen molar-refractivity contribution in [1.82, 2.24) is 0 Å². The Morgan fingerprint density at radius 2 is 1.93 bits per heavy atom. The van der Waals surface area contributed by atoms with Crippen molar-refractivity contribution < 1.29 is 49.0 Å². The molecular formula is C18H22O10. The largest absolute Gasteiger partial charge is 0.504 e. The number of aliphatic hydroxyl groups is 3. The molecule has 0 aliphatic carbocycles. The number of hydrogen-bond acceptors (Lipinski definition) is 10. The Bertz CT molecular complexity index is 731. The molecule has 0 saturated carbocycles. The predicted molar refractivity (Wildman–Crippen MR) is 93.1 cm³/mol. The van der Waals surface area contributed by atoms with E-state index in [0.29, 0.717) is 5.56 Å². The van der Waals surface area contributed by atoms with Gasteiger partial charge >= 0.3 is 11.9 Å². The van der Waals surface area contributed by atoms with E-state index in [1.807, 2.05) is 0 Å². The fourth-order valence-corrected chi connectivity index (χ4v) is 2.65. The van der Waals surface area contributed by atoms with Gasteiger partial charge in [0.2, 0.25) is 0 Å². The highest BCUT2D eigenvalue weighted by Gasteiger charge is 2.48. The summed E-state index contributed by atoms with van der Waals surface area (Å²) in [6.45, 7) is 0.443. The van der Waals surface area contributed by atoms with E-state index in [1.54, 1.807) is 0 Å². The first-order chi connectivity index (χ1) is 13.3. The molecule has 0 unspecified atom stereocenters. The van der Waals surface area contributed by atoms with Gasteiger partial charge in [0.05, 0.1) is 13.7 Å². The van der Waals surface area contributed by atoms with Crippen molar-refractivity contribution in [2.24, 2.45) is 0 Å². The maximum Gasteiger partial charge on any atom is 0.331 e. The Kier molecular flexibility index (Phi) is 7.35. The van der Waals surface area contributed by atoms with Crippen LogP contribution in [0.5, 0.6) is 11.5 Å². The molecule has 0 radical (unpaired) electrons. The molecule has 2 rings (SSSR count). The number of hydrogen-bond donors (Lipinski definition) is 4. The summed E-state index contributed by atoms with van der Waals surface area (Å²) in [5.41, 5.74) is 0.518. The lowest BCUT2D eigenvalue weighted by molar-refractivity contribution is -0.292. The highest BCUT2D eigenvalue weighted by atomic mass is 16.7. The third kappa shape index (κ3) is 5.20. The van der Waals surface area contributed by atoms with E-state index < -0.39 is 49.3 Å². The van der Waals surface area contributed by atoms with Gasteiger partial charge in [0.1, 0.15) is 12.2 Å². The molecule has 0 aromatic heterocycles. The number of carbonyl (C=O) groups excluding carboxylic acids is 2. The Morgan fingerprint density at radius 1 is 1.21 bits per heavy atom. The summed E-state index contributed by atoms with van der Waals surface area (Å²) in [4.78, 5) is 23.4. The van der Waals surface area contributed by atoms with Crippen LogP contribution in [0.15, 0.2) is 24.3 Å². The van der Waals surface area contributed by atoms with Gasteiger partial charge < -0.3 is 39.4 Å². The molecule has 1 aliphatic heterocycles. The minimum atomic E-state index is -1.73. The zero-order chi connectivity index (χ0) is 20.8. The molecule has 10 nitrogen and oxygen atoms in total. The van der Waals surface area contributed by atoms with Crippen LogP contribution in [0.4, 0.5) is 0 Å². The zero-order valence-electron chi connectivity index (χ0n) is 15.2. The Balaban J connectivity index is 2.12. The molecule has 1 fully saturated rings. The maximum absolute atomic E-state index is 12.1. The van der Waals surface area contributed by atoms with Crippen molar-refractivity contribution in [1.29, 1.82) is 0 Å². The molecule has 1 heterocycles. The summed E-state index contributed by atoms with van der Waals surface area (Å²) in [7, 11) is 1.38. The SMILES string of the molecule is COc1cc(/C=C/C(=O)O[C@@H]2[C@H](OC(C)=O)[C@@H](O)[C@H](CO)O[C@H]2O)ccc1O. The zero-order valence-corrected chi connectivity index (χ0v) is 15.2. The summed E-state index contributed by atoms with van der Waals surface area (Å²) in [5, 5.41) is 38.9. The number of phenolic OH excluding ortho intramolecular Hbond substituents is 1. The van der Waals surface area contributed by atoms with E-state index in [9.17, 15) is 30.0 Å². The number of methoxy groups -OCH3 is 1. The molecule has 1 aromatic rings. The fraction of sp³-hybridized carbons (Fsp3) is 0.444. The van der Waals surface area contributed by atoms with E-state index >= 15 is 0 Å². The number of benzene rings is 1. The summed E-state index contributed by atoms with van der Waals surface area (Å²) in [6.07, 6.45) is -4.98. The van der Waals surface area contributed by atoms with Gasteiger partial charge in [-0.05, 0) is 23.8 Å². The van der Waals surface area contributed by atoms with Gasteiger partial charge in [-0.25, -0.2) is 4.79 Å². The van der Waals surface area contributed by atoms with Crippen LogP contribution in [0.25, 0.3) is 6.08 Å². The summed E-state index contributed by atoms with van der Waals surface area (Å²) in [5.74, 6) is -1.55. The molecule has 0 bridgehead atoms. The highest BCUT2D eigenvalue weighted by Crippen LogP contribution is 2.27. The first-order valence-corrected chi connectivity index (χ1v) is 8.32. The second-order valence-electron chi connectivity index (χ2n) is 5.98. The molecule has 10 heteroatoms. The summed E-state index contributed by atoms with van der Waals surface area (Å²) >= 11 is 0. The van der Waals surface area contributed by atoms with Crippen LogP contribution in [-0.2, 0) is 23.8 Å². The molecule has 28 heavy (non-hydrogen) atoms. The van der Waals surface area contributed by atoms with Gasteiger partial charge in [-0.3, -0.25) is 4.79 Å². The number of esters is 2. The molecule has 1 saturated heterocycles. The highest BCUT2D eigenvalue weighted by molar-refractivity contribution is 5.87. The van der Waals surface area contributed by atoms with Gasteiger partial charge in [0.25, 0.3) is 0 Å². The number of phenols is 1. The molecule has 4 N–H and O–H groups in total. The summed E-state index contributed by atoms with van der Waals surface area (Å²) < 4.78 is 20.0. The number of ether oxygens (including phenoxy) is 4. The Hall–Kier alpha value is -2.66. The van der Waals surface area contributed by atoms with Crippen molar-refractivity contribution in [2.45, 2.75) is 37.6 Å². The number of aliphatic hydroxyl groups excluding tert-OH is 3. The van der Waals surface area contributed by atoms with Crippen LogP contribution >= 0.6 is 0 Å². The average Bonchev–Trinajstić information content (AvgIpc) is 2.66. The molecule has 1 aromatic carbocycles. The van der Waals surface area contributed by atoms with Crippen molar-refractivity contribution >= 4 is 18.0 Å². The Labute approximate surface area is 160 Å². The van der Waals surface area contributed by atoms with Crippen LogP contribution in [0, 0.1) is 0 Å². The second-order valence-corrected chi connectivity index (χ2v) is 5.98. The van der Waals surface area contributed by atoms with Crippen LogP contribution < -0.4 is 4.74 Å². The van der Waals surface area contributed by atoms with Crippen LogP contribution in [-0.4, -0.2) is 76.8 Å². The van der Waals surface area contributed by atoms with E-state index in [4.69, 9.17) is 18.9 Å². The number of rotatable bonds is 6. The topological polar surface area (TPSA) is 152 Å². The van der Waals surface area contributed by atoms with E-state index in [-0.39, 0.29) is 11.5 Å². The van der Waals surface area contributed by atoms with Crippen LogP contribution in [0.2, 0.25) is 0 Å². The molecular weight excluding hydrogens is 376 g/mol. The molecule has 0 amide bonds. The van der Waals surface area contributed by atoms with E-state index in [1.165, 1.54) is 31.4 Å². The third-order valence-electron chi connectivity index (χ3n) is 3.99. The van der Waals surface area contributed by atoms with E-state index in [2.05, 4.69) is 0 Å². The first kappa shape index (κ1) is 21.6. The monoisotopic (exact) mass is 398 g/mol. The third-order valence-corrected chi connectivity index (χ3v) is 3.99. The standard InChI is InChI=1S/C18H22O10/c1-9(20)26-16-15(23)13(8-19)27-18(24)17(16)28-14(22)6-4-10-3-5-11(21)12(7-10)25-2/h3-7,13,15-19,21,23-24H,8H2,1-2H3/b6-4+/t13-,15-,16+,17+,18+/m0/s1. The quantitative estimate of drug-likeness (QED) is 0.358. The smallest absolute Gasteiger partial charge is 0.331 e. The van der Waals surface area contributed by atoms with E-state index in [0.717, 1.165) is 13.0 Å². The summed E-state index contributed by atoms with van der Waals surface area (Å²) in [6, 6.07) is 4.39. The van der Waals surface area contributed by atoms with Crippen LogP contribution in [0.1, 0.15) is 12.5 Å². The second kappa shape index (κ2) is 9.51. The van der Waals surface area contributed by atoms with Gasteiger partial charge in [-0.2, -0.15) is 0 Å². The molecule has 5 atom stereocenters. The van der Waals surface area contributed by atoms with Crippen molar-refractivity contribution in [3.05, 3.63) is 29.8 Å². The lowest BCUT2D eigenvalue weighted by Crippen LogP contribution is -2.61. The van der Waals surface area contributed by atoms with Gasteiger partial charge in [0, 0.05) is 13.0 Å². The molecule has 1 aliphatic rings. The molecule has 0 spiro atoms. The Morgan fingerprint density at radius 3 is 2.54 bits per heavy atom. The number of carbonyl (C=O) groups is 2. The van der Waals surface area contributed by atoms with Gasteiger partial charge in [-0.15, -0.1) is 0 Å². The van der Waals surface area contributed by atoms with Gasteiger partial charge in [0.15, 0.2) is 30.0 Å². The average molecular weight is 398 g/mol. The first-order valence-electron chi connectivity index (χ1n) is 8.32. The fourth-order valence-electron chi connectivity index (χ4n) is 2.65. The lowest BCUT2D eigenvalue weighted by atomic mass is 9.99. The molecule has 154 valence electrons. The predicted octanol–water partition coefficient (Wildman–Crippen LogP) is -0.672. The minimum Gasteiger partial charge on any atom is -0.504 e. The van der Waals surface area contributed by atoms with Crippen molar-refractivity contribution in [2.75, 3.05) is 13.7 Å². The van der Waals surface area contributed by atoms with Crippen molar-refractivity contribution in [3.8, 4) is 11.5 Å². The minimum absolute atomic E-state index is 0.0682. The number of aromatic hydroxyl groups is 1. The maximum atomic E-state index is 12.1.